The predicted octanol–water partition coefficient (Wildman–Crippen LogP) is 5.96. The number of nitrogens with one attached hydrogen (secondary N) is 1. The number of alkyl carbamates (subject to hydrolysis) is 1. The predicted molar refractivity (Wildman–Crippen MR) is 138 cm³/mol. The maximum Gasteiger partial charge on any atom is 0.408 e. The molecule has 3 aromatic rings. The van der Waals surface area contributed by atoms with Crippen molar-refractivity contribution in [3.8, 4) is 0 Å². The van der Waals surface area contributed by atoms with Crippen LogP contribution in [0.5, 0.6) is 0 Å². The summed E-state index contributed by atoms with van der Waals surface area (Å²) in [4.78, 5) is 37.9. The number of para-hydroxylation sites is 1. The fourth-order valence-corrected chi connectivity index (χ4v) is 3.84. The second-order valence-electron chi connectivity index (χ2n) is 9.76. The quantitative estimate of drug-likeness (QED) is 0.388. The number of benzene rings is 2. The van der Waals surface area contributed by atoms with Gasteiger partial charge in [-0.1, -0.05) is 54.6 Å². The van der Waals surface area contributed by atoms with E-state index in [9.17, 15) is 14.4 Å². The van der Waals surface area contributed by atoms with Crippen molar-refractivity contribution in [2.45, 2.75) is 58.6 Å². The molecule has 6 heteroatoms. The lowest BCUT2D eigenvalue weighted by atomic mass is 9.92. The molecule has 1 N–H and O–H groups in total. The molecule has 1 aromatic heterocycles. The third-order valence-electron chi connectivity index (χ3n) is 5.67. The van der Waals surface area contributed by atoms with Crippen LogP contribution in [0.15, 0.2) is 79.0 Å². The van der Waals surface area contributed by atoms with E-state index in [1.54, 1.807) is 44.5 Å². The number of Topliss-reactive ketones (excluding diaryl/α,β-unsaturated/α-hetero) is 1. The Labute approximate surface area is 207 Å². The van der Waals surface area contributed by atoms with E-state index < -0.39 is 17.7 Å². The van der Waals surface area contributed by atoms with Crippen molar-refractivity contribution < 1.29 is 19.1 Å². The molecule has 2 aromatic carbocycles. The van der Waals surface area contributed by atoms with Gasteiger partial charge in [-0.3, -0.25) is 14.2 Å². The Balaban J connectivity index is 1.69. The Bertz CT molecular complexity index is 1190. The van der Waals surface area contributed by atoms with Gasteiger partial charge >= 0.3 is 6.09 Å². The molecule has 0 aliphatic rings. The molecule has 184 valence electrons. The molecule has 6 nitrogen and oxygen atoms in total. The number of hydrogen-bond acceptors (Lipinski definition) is 4. The van der Waals surface area contributed by atoms with Gasteiger partial charge in [0.2, 0.25) is 0 Å². The van der Waals surface area contributed by atoms with Crippen LogP contribution in [-0.4, -0.2) is 34.0 Å². The van der Waals surface area contributed by atoms with Gasteiger partial charge in [-0.15, -0.1) is 0 Å². The van der Waals surface area contributed by atoms with Gasteiger partial charge in [-0.2, -0.15) is 0 Å². The van der Waals surface area contributed by atoms with Crippen LogP contribution < -0.4 is 5.32 Å². The third kappa shape index (κ3) is 7.95. The third-order valence-corrected chi connectivity index (χ3v) is 5.67. The number of amides is 1. The lowest BCUT2D eigenvalue weighted by Crippen LogP contribution is -2.42. The minimum absolute atomic E-state index is 0.113. The maximum atomic E-state index is 12.9. The molecule has 2 atom stereocenters. The van der Waals surface area contributed by atoms with Crippen molar-refractivity contribution >= 4 is 28.7 Å². The van der Waals surface area contributed by atoms with Crippen LogP contribution in [0.25, 0.3) is 10.9 Å². The maximum absolute atomic E-state index is 12.9. The van der Waals surface area contributed by atoms with Gasteiger partial charge in [0, 0.05) is 24.1 Å². The second kappa shape index (κ2) is 11.6. The van der Waals surface area contributed by atoms with E-state index in [0.717, 1.165) is 17.3 Å². The Morgan fingerprint density at radius 3 is 2.40 bits per heavy atom. The number of aryl methyl sites for hydroxylation is 1. The summed E-state index contributed by atoms with van der Waals surface area (Å²) in [6.45, 7) is 6.97. The van der Waals surface area contributed by atoms with Crippen molar-refractivity contribution in [1.82, 2.24) is 9.88 Å². The first-order valence-electron chi connectivity index (χ1n) is 12.0. The number of carbonyl (C=O) groups is 3. The minimum atomic E-state index is -0.693. The van der Waals surface area contributed by atoms with Gasteiger partial charge in [0.1, 0.15) is 5.60 Å². The molecule has 0 aliphatic carbocycles. The number of hydrogen-bond donors (Lipinski definition) is 1. The SMILES string of the molecule is C[C@H](NC(=O)OC(C)(C)C)C(=O)C[C@H](/C=C/C(=O)n1ccc2ccccc21)CCc1ccccc1. The Hall–Kier alpha value is -3.67. The Morgan fingerprint density at radius 2 is 1.69 bits per heavy atom. The summed E-state index contributed by atoms with van der Waals surface area (Å²) in [5.41, 5.74) is 1.37. The zero-order valence-electron chi connectivity index (χ0n) is 20.9. The average molecular weight is 475 g/mol. The molecule has 0 unspecified atom stereocenters. The highest BCUT2D eigenvalue weighted by molar-refractivity contribution is 5.98. The largest absolute Gasteiger partial charge is 0.444 e. The van der Waals surface area contributed by atoms with E-state index in [0.29, 0.717) is 6.42 Å². The number of fused-ring (bicyclic) bond motifs is 1. The number of carbonyl (C=O) groups excluding carboxylic acids is 3. The van der Waals surface area contributed by atoms with Gasteiger partial charge < -0.3 is 10.1 Å². The smallest absolute Gasteiger partial charge is 0.408 e. The van der Waals surface area contributed by atoms with Crippen LogP contribution in [0, 0.1) is 5.92 Å². The fraction of sp³-hybridized carbons (Fsp3) is 0.345. The van der Waals surface area contributed by atoms with Crippen LogP contribution in [0.2, 0.25) is 0 Å². The first-order chi connectivity index (χ1) is 16.6. The number of allylic oxidation sites excluding steroid dienone is 2. The summed E-state index contributed by atoms with van der Waals surface area (Å²) in [6.07, 6.45) is 6.18. The minimum Gasteiger partial charge on any atom is -0.444 e. The summed E-state index contributed by atoms with van der Waals surface area (Å²) < 4.78 is 6.87. The van der Waals surface area contributed by atoms with Gasteiger partial charge in [0.05, 0.1) is 11.6 Å². The summed E-state index contributed by atoms with van der Waals surface area (Å²) in [7, 11) is 0. The first kappa shape index (κ1) is 25.9. The number of ketones is 1. The van der Waals surface area contributed by atoms with E-state index in [1.807, 2.05) is 66.7 Å². The van der Waals surface area contributed by atoms with Crippen LogP contribution in [0.4, 0.5) is 4.79 Å². The lowest BCUT2D eigenvalue weighted by molar-refractivity contribution is -0.121. The number of rotatable bonds is 9. The second-order valence-corrected chi connectivity index (χ2v) is 9.76. The molecule has 3 rings (SSSR count). The molecule has 0 saturated heterocycles. The topological polar surface area (TPSA) is 77.4 Å². The molecular weight excluding hydrogens is 440 g/mol. The van der Waals surface area contributed by atoms with E-state index in [4.69, 9.17) is 4.74 Å². The molecule has 0 fully saturated rings. The molecule has 0 saturated carbocycles. The zero-order valence-corrected chi connectivity index (χ0v) is 20.9. The van der Waals surface area contributed by atoms with Crippen molar-refractivity contribution in [2.75, 3.05) is 0 Å². The summed E-state index contributed by atoms with van der Waals surface area (Å²) in [5.74, 6) is -0.433. The van der Waals surface area contributed by atoms with Gasteiger partial charge in [-0.25, -0.2) is 4.79 Å². The Morgan fingerprint density at radius 1 is 1.00 bits per heavy atom. The Kier molecular flexibility index (Phi) is 8.63. The average Bonchev–Trinajstić information content (AvgIpc) is 3.24. The van der Waals surface area contributed by atoms with Crippen LogP contribution in [0.1, 0.15) is 50.9 Å². The highest BCUT2D eigenvalue weighted by Gasteiger charge is 2.23. The summed E-state index contributed by atoms with van der Waals surface area (Å²) in [6, 6.07) is 18.9. The van der Waals surface area contributed by atoms with Crippen molar-refractivity contribution in [3.63, 3.8) is 0 Å². The molecule has 1 heterocycles. The molecule has 0 radical (unpaired) electrons. The number of nitrogens with zero attached hydrogens (tertiary/aromatic N) is 1. The number of aromatic nitrogens is 1. The van der Waals surface area contributed by atoms with Gasteiger partial charge in [-0.05, 0) is 64.2 Å². The molecular formula is C29H34N2O4. The molecule has 0 aliphatic heterocycles. The normalized spacial score (nSPS) is 13.5. The van der Waals surface area contributed by atoms with E-state index in [-0.39, 0.29) is 24.0 Å². The standard InChI is InChI=1S/C29H34N2O4/c1-21(30-28(34)35-29(2,3)4)26(32)20-23(15-14-22-10-6-5-7-11-22)16-17-27(33)31-19-18-24-12-8-9-13-25(24)31/h5-13,16-19,21,23H,14-15,20H2,1-4H3,(H,30,34)/b17-16+/t21-,23-/m0/s1. The molecule has 0 bridgehead atoms. The molecule has 0 spiro atoms. The van der Waals surface area contributed by atoms with Gasteiger partial charge in [0.15, 0.2) is 5.78 Å². The lowest BCUT2D eigenvalue weighted by Gasteiger charge is -2.22. The van der Waals surface area contributed by atoms with Crippen LogP contribution >= 0.6 is 0 Å². The van der Waals surface area contributed by atoms with Crippen molar-refractivity contribution in [3.05, 3.63) is 84.6 Å². The van der Waals surface area contributed by atoms with Crippen LogP contribution in [-0.2, 0) is 16.0 Å². The molecule has 35 heavy (non-hydrogen) atoms. The first-order valence-corrected chi connectivity index (χ1v) is 12.0. The van der Waals surface area contributed by atoms with Crippen molar-refractivity contribution in [2.24, 2.45) is 5.92 Å². The van der Waals surface area contributed by atoms with Gasteiger partial charge in [0.25, 0.3) is 5.91 Å². The summed E-state index contributed by atoms with van der Waals surface area (Å²) >= 11 is 0. The zero-order chi connectivity index (χ0) is 25.4. The number of ether oxygens (including phenoxy) is 1. The monoisotopic (exact) mass is 474 g/mol. The van der Waals surface area contributed by atoms with Crippen LogP contribution in [0.3, 0.4) is 0 Å². The van der Waals surface area contributed by atoms with E-state index in [2.05, 4.69) is 5.32 Å². The van der Waals surface area contributed by atoms with E-state index >= 15 is 0 Å². The molecule has 1 amide bonds. The van der Waals surface area contributed by atoms with Crippen molar-refractivity contribution in [1.29, 1.82) is 0 Å². The highest BCUT2D eigenvalue weighted by atomic mass is 16.6. The highest BCUT2D eigenvalue weighted by Crippen LogP contribution is 2.19. The van der Waals surface area contributed by atoms with E-state index in [1.165, 1.54) is 5.56 Å². The summed E-state index contributed by atoms with van der Waals surface area (Å²) in [5, 5.41) is 3.61. The fourth-order valence-electron chi connectivity index (χ4n) is 3.84.